The lowest BCUT2D eigenvalue weighted by atomic mass is 10.1. The van der Waals surface area contributed by atoms with Crippen molar-refractivity contribution in [2.45, 2.75) is 18.9 Å². The summed E-state index contributed by atoms with van der Waals surface area (Å²) in [6.45, 7) is 0.623. The third kappa shape index (κ3) is 2.99. The predicted molar refractivity (Wildman–Crippen MR) is 52.6 cm³/mol. The molecule has 0 aromatic carbocycles. The van der Waals surface area contributed by atoms with E-state index < -0.39 is 0 Å². The molecule has 2 amide bonds. The zero-order chi connectivity index (χ0) is 9.84. The molecule has 4 nitrogen and oxygen atoms in total. The normalized spacial score (nSPS) is 23.1. The molecule has 0 aromatic rings. The number of hydrogen-bond donors (Lipinski definition) is 1. The number of amides is 2. The number of carbonyl (C=O) groups is 2. The molecular formula is C8H13BrN2O2. The minimum atomic E-state index is -0.0206. The number of halogens is 1. The van der Waals surface area contributed by atoms with Gasteiger partial charge in [0.2, 0.25) is 11.8 Å². The fourth-order valence-electron chi connectivity index (χ4n) is 1.40. The van der Waals surface area contributed by atoms with Crippen LogP contribution < -0.4 is 5.32 Å². The highest BCUT2D eigenvalue weighted by Gasteiger charge is 2.23. The Hall–Kier alpha value is -0.580. The number of piperidine rings is 1. The third-order valence-corrected chi connectivity index (χ3v) is 2.62. The second-order valence-electron chi connectivity index (χ2n) is 3.21. The molecule has 1 fully saturated rings. The van der Waals surface area contributed by atoms with Crippen LogP contribution >= 0.6 is 15.9 Å². The van der Waals surface area contributed by atoms with Crippen LogP contribution in [0.4, 0.5) is 0 Å². The first kappa shape index (κ1) is 10.5. The van der Waals surface area contributed by atoms with E-state index in [-0.39, 0.29) is 17.9 Å². The molecule has 1 rings (SSSR count). The molecule has 0 saturated carbocycles. The zero-order valence-electron chi connectivity index (χ0n) is 7.55. The second-order valence-corrected chi connectivity index (χ2v) is 3.77. The molecule has 0 aromatic heterocycles. The van der Waals surface area contributed by atoms with Gasteiger partial charge in [-0.25, -0.2) is 0 Å². The highest BCUT2D eigenvalue weighted by Crippen LogP contribution is 2.09. The number of nitrogens with zero attached hydrogens (tertiary/aromatic N) is 1. The third-order valence-electron chi connectivity index (χ3n) is 2.11. The summed E-state index contributed by atoms with van der Waals surface area (Å²) in [6, 6.07) is 0.118. The van der Waals surface area contributed by atoms with E-state index in [2.05, 4.69) is 21.2 Å². The molecule has 1 unspecified atom stereocenters. The van der Waals surface area contributed by atoms with Gasteiger partial charge in [0.25, 0.3) is 0 Å². The summed E-state index contributed by atoms with van der Waals surface area (Å²) in [7, 11) is 1.76. The predicted octanol–water partition coefficient (Wildman–Crippen LogP) is 0.118. The van der Waals surface area contributed by atoms with Crippen LogP contribution in [0.15, 0.2) is 0 Å². The SMILES string of the molecule is CN1CC(NC(=O)CBr)CCC1=O. The summed E-state index contributed by atoms with van der Waals surface area (Å²) in [5, 5.41) is 3.16. The van der Waals surface area contributed by atoms with E-state index >= 15 is 0 Å². The lowest BCUT2D eigenvalue weighted by molar-refractivity contribution is -0.133. The van der Waals surface area contributed by atoms with Crippen LogP contribution in [-0.4, -0.2) is 41.7 Å². The quantitative estimate of drug-likeness (QED) is 0.706. The topological polar surface area (TPSA) is 49.4 Å². The Morgan fingerprint density at radius 3 is 3.00 bits per heavy atom. The summed E-state index contributed by atoms with van der Waals surface area (Å²) in [6.07, 6.45) is 1.28. The number of nitrogens with one attached hydrogen (secondary N) is 1. The molecule has 1 aliphatic rings. The molecule has 1 heterocycles. The number of carbonyl (C=O) groups excluding carboxylic acids is 2. The van der Waals surface area contributed by atoms with Crippen molar-refractivity contribution in [3.05, 3.63) is 0 Å². The van der Waals surface area contributed by atoms with Crippen LogP contribution in [0.5, 0.6) is 0 Å². The number of likely N-dealkylation sites (N-methyl/N-ethyl adjacent to an activating group) is 1. The molecule has 0 spiro atoms. The molecule has 13 heavy (non-hydrogen) atoms. The number of alkyl halides is 1. The Bertz CT molecular complexity index is 220. The van der Waals surface area contributed by atoms with Crippen LogP contribution in [0.1, 0.15) is 12.8 Å². The summed E-state index contributed by atoms with van der Waals surface area (Å²) < 4.78 is 0. The minimum absolute atomic E-state index is 0.0206. The summed E-state index contributed by atoms with van der Waals surface area (Å²) in [5.74, 6) is 0.136. The average molecular weight is 249 g/mol. The van der Waals surface area contributed by atoms with Crippen molar-refractivity contribution < 1.29 is 9.59 Å². The van der Waals surface area contributed by atoms with E-state index in [4.69, 9.17) is 0 Å². The number of rotatable bonds is 2. The fraction of sp³-hybridized carbons (Fsp3) is 0.750. The lowest BCUT2D eigenvalue weighted by Gasteiger charge is -2.29. The van der Waals surface area contributed by atoms with Crippen molar-refractivity contribution in [1.82, 2.24) is 10.2 Å². The maximum absolute atomic E-state index is 11.1. The van der Waals surface area contributed by atoms with E-state index in [0.29, 0.717) is 18.3 Å². The molecule has 1 saturated heterocycles. The van der Waals surface area contributed by atoms with Gasteiger partial charge in [0.1, 0.15) is 0 Å². The van der Waals surface area contributed by atoms with Gasteiger partial charge in [-0.15, -0.1) is 0 Å². The van der Waals surface area contributed by atoms with Gasteiger partial charge >= 0.3 is 0 Å². The maximum atomic E-state index is 11.1. The standard InChI is InChI=1S/C8H13BrN2O2/c1-11-5-6(2-3-8(11)13)10-7(12)4-9/h6H,2-5H2,1H3,(H,10,12). The van der Waals surface area contributed by atoms with Crippen LogP contribution in [-0.2, 0) is 9.59 Å². The lowest BCUT2D eigenvalue weighted by Crippen LogP contribution is -2.48. The first-order chi connectivity index (χ1) is 6.13. The van der Waals surface area contributed by atoms with Crippen molar-refractivity contribution in [2.24, 2.45) is 0 Å². The molecular weight excluding hydrogens is 236 g/mol. The Morgan fingerprint density at radius 1 is 1.77 bits per heavy atom. The Morgan fingerprint density at radius 2 is 2.46 bits per heavy atom. The first-order valence-electron chi connectivity index (χ1n) is 4.22. The van der Waals surface area contributed by atoms with Gasteiger partial charge in [0.15, 0.2) is 0 Å². The van der Waals surface area contributed by atoms with E-state index in [1.165, 1.54) is 0 Å². The fourth-order valence-corrected chi connectivity index (χ4v) is 1.56. The van der Waals surface area contributed by atoms with E-state index in [0.717, 1.165) is 6.42 Å². The summed E-state index contributed by atoms with van der Waals surface area (Å²) in [5.41, 5.74) is 0. The van der Waals surface area contributed by atoms with Gasteiger partial charge in [0.05, 0.1) is 5.33 Å². The highest BCUT2D eigenvalue weighted by atomic mass is 79.9. The van der Waals surface area contributed by atoms with Crippen molar-refractivity contribution >= 4 is 27.7 Å². The van der Waals surface area contributed by atoms with Crippen molar-refractivity contribution in [1.29, 1.82) is 0 Å². The summed E-state index contributed by atoms with van der Waals surface area (Å²) in [4.78, 5) is 23.8. The van der Waals surface area contributed by atoms with Crippen molar-refractivity contribution in [3.8, 4) is 0 Å². The van der Waals surface area contributed by atoms with Crippen molar-refractivity contribution in [3.63, 3.8) is 0 Å². The molecule has 0 radical (unpaired) electrons. The van der Waals surface area contributed by atoms with E-state index in [1.54, 1.807) is 11.9 Å². The molecule has 74 valence electrons. The first-order valence-corrected chi connectivity index (χ1v) is 5.35. The van der Waals surface area contributed by atoms with Gasteiger partial charge < -0.3 is 10.2 Å². The molecule has 5 heteroatoms. The maximum Gasteiger partial charge on any atom is 0.230 e. The van der Waals surface area contributed by atoms with Crippen LogP contribution in [0.3, 0.4) is 0 Å². The van der Waals surface area contributed by atoms with Crippen LogP contribution in [0.25, 0.3) is 0 Å². The van der Waals surface area contributed by atoms with Gasteiger partial charge in [-0.1, -0.05) is 15.9 Å². The van der Waals surface area contributed by atoms with E-state index in [9.17, 15) is 9.59 Å². The van der Waals surface area contributed by atoms with Gasteiger partial charge in [-0.05, 0) is 6.42 Å². The van der Waals surface area contributed by atoms with Gasteiger partial charge in [0, 0.05) is 26.1 Å². The molecule has 0 bridgehead atoms. The Labute approximate surface area is 85.8 Å². The number of hydrogen-bond acceptors (Lipinski definition) is 2. The molecule has 1 atom stereocenters. The van der Waals surface area contributed by atoms with Crippen LogP contribution in [0, 0.1) is 0 Å². The number of likely N-dealkylation sites (tertiary alicyclic amines) is 1. The molecule has 1 aliphatic heterocycles. The highest BCUT2D eigenvalue weighted by molar-refractivity contribution is 9.09. The Kier molecular flexibility index (Phi) is 3.71. The van der Waals surface area contributed by atoms with Crippen molar-refractivity contribution in [2.75, 3.05) is 18.9 Å². The monoisotopic (exact) mass is 248 g/mol. The average Bonchev–Trinajstić information content (AvgIpc) is 2.11. The molecule has 1 N–H and O–H groups in total. The largest absolute Gasteiger partial charge is 0.351 e. The minimum Gasteiger partial charge on any atom is -0.351 e. The van der Waals surface area contributed by atoms with Gasteiger partial charge in [-0.3, -0.25) is 9.59 Å². The smallest absolute Gasteiger partial charge is 0.230 e. The summed E-state index contributed by atoms with van der Waals surface area (Å²) >= 11 is 3.08. The second kappa shape index (κ2) is 4.60. The Balaban J connectivity index is 2.37. The van der Waals surface area contributed by atoms with E-state index in [1.807, 2.05) is 0 Å². The molecule has 0 aliphatic carbocycles. The van der Waals surface area contributed by atoms with Gasteiger partial charge in [-0.2, -0.15) is 0 Å². The zero-order valence-corrected chi connectivity index (χ0v) is 9.13. The van der Waals surface area contributed by atoms with Crippen LogP contribution in [0.2, 0.25) is 0 Å².